The van der Waals surface area contributed by atoms with Gasteiger partial charge in [-0.1, -0.05) is 0 Å². The van der Waals surface area contributed by atoms with Gasteiger partial charge in [0.1, 0.15) is 11.6 Å². The van der Waals surface area contributed by atoms with Crippen LogP contribution in [-0.4, -0.2) is 34.1 Å². The van der Waals surface area contributed by atoms with Crippen molar-refractivity contribution in [2.75, 3.05) is 5.32 Å². The fourth-order valence-corrected chi connectivity index (χ4v) is 1.44. The fraction of sp³-hybridized carbons (Fsp3) is 0.250. The number of carbonyl (C=O) groups is 3. The van der Waals surface area contributed by atoms with Crippen molar-refractivity contribution >= 4 is 23.5 Å². The highest BCUT2D eigenvalue weighted by atomic mass is 19.1. The number of amides is 1. The molecule has 1 aromatic carbocycles. The Kier molecular flexibility index (Phi) is 5.30. The van der Waals surface area contributed by atoms with Crippen LogP contribution >= 0.6 is 0 Å². The van der Waals surface area contributed by atoms with Crippen molar-refractivity contribution in [2.24, 2.45) is 5.73 Å². The third kappa shape index (κ3) is 4.49. The van der Waals surface area contributed by atoms with Crippen molar-refractivity contribution in [1.29, 1.82) is 0 Å². The van der Waals surface area contributed by atoms with E-state index in [1.165, 1.54) is 0 Å². The Balaban J connectivity index is 2.87. The minimum atomic E-state index is -1.63. The lowest BCUT2D eigenvalue weighted by Crippen LogP contribution is -2.36. The van der Waals surface area contributed by atoms with Crippen molar-refractivity contribution in [2.45, 2.75) is 18.9 Å². The van der Waals surface area contributed by atoms with Gasteiger partial charge >= 0.3 is 11.9 Å². The molecule has 0 aliphatic rings. The van der Waals surface area contributed by atoms with Crippen LogP contribution in [0.15, 0.2) is 12.1 Å². The molecule has 0 saturated carbocycles. The van der Waals surface area contributed by atoms with Crippen LogP contribution in [0.25, 0.3) is 0 Å². The summed E-state index contributed by atoms with van der Waals surface area (Å²) in [6.07, 6.45) is -0.545. The van der Waals surface area contributed by atoms with Crippen LogP contribution in [0, 0.1) is 11.6 Å². The van der Waals surface area contributed by atoms with E-state index in [0.717, 1.165) is 0 Å². The normalized spacial score (nSPS) is 11.8. The Bertz CT molecular complexity index is 591. The molecule has 1 unspecified atom stereocenters. The van der Waals surface area contributed by atoms with Gasteiger partial charge in [-0.25, -0.2) is 13.6 Å². The summed E-state index contributed by atoms with van der Waals surface area (Å²) in [5, 5.41) is 19.2. The maximum absolute atomic E-state index is 13.4. The van der Waals surface area contributed by atoms with Crippen molar-refractivity contribution < 1.29 is 33.4 Å². The van der Waals surface area contributed by atoms with E-state index in [1.807, 2.05) is 5.32 Å². The van der Waals surface area contributed by atoms with Crippen molar-refractivity contribution in [3.8, 4) is 0 Å². The summed E-state index contributed by atoms with van der Waals surface area (Å²) in [6, 6.07) is -0.282. The van der Waals surface area contributed by atoms with Gasteiger partial charge in [0.15, 0.2) is 0 Å². The minimum Gasteiger partial charge on any atom is -0.481 e. The number of hydrogen-bond acceptors (Lipinski definition) is 4. The molecule has 1 rings (SSSR count). The Labute approximate surface area is 117 Å². The molecule has 1 amide bonds. The van der Waals surface area contributed by atoms with Gasteiger partial charge in [0, 0.05) is 12.5 Å². The number of aromatic carboxylic acids is 1. The molecule has 0 heterocycles. The second kappa shape index (κ2) is 6.75. The summed E-state index contributed by atoms with van der Waals surface area (Å²) >= 11 is 0. The van der Waals surface area contributed by atoms with E-state index < -0.39 is 46.8 Å². The van der Waals surface area contributed by atoms with Crippen LogP contribution in [0.5, 0.6) is 0 Å². The second-order valence-electron chi connectivity index (χ2n) is 4.15. The zero-order chi connectivity index (χ0) is 16.2. The summed E-state index contributed by atoms with van der Waals surface area (Å²) < 4.78 is 26.6. The zero-order valence-electron chi connectivity index (χ0n) is 10.6. The average Bonchev–Trinajstić information content (AvgIpc) is 2.38. The Morgan fingerprint density at radius 2 is 1.81 bits per heavy atom. The summed E-state index contributed by atoms with van der Waals surface area (Å²) in [6.45, 7) is 0. The fourth-order valence-electron chi connectivity index (χ4n) is 1.44. The van der Waals surface area contributed by atoms with E-state index in [2.05, 4.69) is 0 Å². The largest absolute Gasteiger partial charge is 0.481 e. The van der Waals surface area contributed by atoms with Gasteiger partial charge in [-0.05, 0) is 12.5 Å². The first-order chi connectivity index (χ1) is 9.72. The molecule has 0 aliphatic carbocycles. The highest BCUT2D eigenvalue weighted by Gasteiger charge is 2.20. The molecule has 1 aromatic rings. The molecule has 1 atom stereocenters. The Morgan fingerprint density at radius 3 is 2.33 bits per heavy atom. The van der Waals surface area contributed by atoms with Crippen molar-refractivity contribution in [3.63, 3.8) is 0 Å². The van der Waals surface area contributed by atoms with Gasteiger partial charge in [0.2, 0.25) is 5.91 Å². The number of halogens is 2. The standard InChI is InChI=1S/C12H12F2N2O5/c13-6-4-7(14)9(3-5(6)12(20)21)16-11(19)8(15)1-2-10(17)18/h3-4,8H,1-2,15H2,(H,16,19)(H,17,18)(H,20,21). The second-order valence-corrected chi connectivity index (χ2v) is 4.15. The van der Waals surface area contributed by atoms with Crippen LogP contribution in [-0.2, 0) is 9.59 Å². The topological polar surface area (TPSA) is 130 Å². The number of carboxylic acid groups (broad SMARTS) is 2. The SMILES string of the molecule is NC(CCC(=O)O)C(=O)Nc1cc(C(=O)O)c(F)cc1F. The number of rotatable bonds is 6. The lowest BCUT2D eigenvalue weighted by atomic mass is 10.1. The van der Waals surface area contributed by atoms with E-state index >= 15 is 0 Å². The van der Waals surface area contributed by atoms with E-state index in [1.54, 1.807) is 0 Å². The van der Waals surface area contributed by atoms with Crippen LogP contribution in [0.2, 0.25) is 0 Å². The monoisotopic (exact) mass is 302 g/mol. The van der Waals surface area contributed by atoms with Gasteiger partial charge < -0.3 is 21.3 Å². The Hall–Kier alpha value is -2.55. The molecular weight excluding hydrogens is 290 g/mol. The molecule has 7 nitrogen and oxygen atoms in total. The molecule has 0 radical (unpaired) electrons. The molecule has 0 aromatic heterocycles. The number of nitrogens with one attached hydrogen (secondary N) is 1. The molecule has 21 heavy (non-hydrogen) atoms. The van der Waals surface area contributed by atoms with Crippen molar-refractivity contribution in [1.82, 2.24) is 0 Å². The zero-order valence-corrected chi connectivity index (χ0v) is 10.6. The quantitative estimate of drug-likeness (QED) is 0.615. The summed E-state index contributed by atoms with van der Waals surface area (Å²) in [4.78, 5) is 32.7. The van der Waals surface area contributed by atoms with Crippen molar-refractivity contribution in [3.05, 3.63) is 29.3 Å². The molecule has 0 fully saturated rings. The number of benzene rings is 1. The molecule has 9 heteroatoms. The molecule has 0 saturated heterocycles. The van der Waals surface area contributed by atoms with Crippen LogP contribution in [0.4, 0.5) is 14.5 Å². The molecule has 0 spiro atoms. The highest BCUT2D eigenvalue weighted by molar-refractivity contribution is 5.96. The van der Waals surface area contributed by atoms with Crippen LogP contribution in [0.1, 0.15) is 23.2 Å². The van der Waals surface area contributed by atoms with Gasteiger partial charge in [-0.15, -0.1) is 0 Å². The number of nitrogens with two attached hydrogens (primary N) is 1. The van der Waals surface area contributed by atoms with E-state index in [4.69, 9.17) is 15.9 Å². The summed E-state index contributed by atoms with van der Waals surface area (Å²) in [7, 11) is 0. The van der Waals surface area contributed by atoms with Gasteiger partial charge in [-0.3, -0.25) is 9.59 Å². The summed E-state index contributed by atoms with van der Waals surface area (Å²) in [5.41, 5.74) is 4.04. The first-order valence-electron chi connectivity index (χ1n) is 5.73. The third-order valence-electron chi connectivity index (χ3n) is 2.55. The molecule has 0 bridgehead atoms. The summed E-state index contributed by atoms with van der Waals surface area (Å²) in [5.74, 6) is -6.14. The minimum absolute atomic E-state index is 0.185. The predicted octanol–water partition coefficient (Wildman–Crippen LogP) is 0.794. The van der Waals surface area contributed by atoms with Gasteiger partial charge in [-0.2, -0.15) is 0 Å². The number of carboxylic acids is 2. The van der Waals surface area contributed by atoms with E-state index in [0.29, 0.717) is 12.1 Å². The lowest BCUT2D eigenvalue weighted by molar-refractivity contribution is -0.137. The smallest absolute Gasteiger partial charge is 0.338 e. The first kappa shape index (κ1) is 16.5. The predicted molar refractivity (Wildman–Crippen MR) is 66.8 cm³/mol. The van der Waals surface area contributed by atoms with Crippen LogP contribution < -0.4 is 11.1 Å². The first-order valence-corrected chi connectivity index (χ1v) is 5.73. The van der Waals surface area contributed by atoms with Gasteiger partial charge in [0.25, 0.3) is 0 Å². The number of aliphatic carboxylic acids is 1. The number of hydrogen-bond donors (Lipinski definition) is 4. The Morgan fingerprint density at radius 1 is 1.19 bits per heavy atom. The maximum Gasteiger partial charge on any atom is 0.338 e. The van der Waals surface area contributed by atoms with E-state index in [-0.39, 0.29) is 12.8 Å². The third-order valence-corrected chi connectivity index (χ3v) is 2.55. The van der Waals surface area contributed by atoms with E-state index in [9.17, 15) is 23.2 Å². The lowest BCUT2D eigenvalue weighted by Gasteiger charge is -2.12. The maximum atomic E-state index is 13.4. The molecular formula is C12H12F2N2O5. The highest BCUT2D eigenvalue weighted by Crippen LogP contribution is 2.20. The molecule has 5 N–H and O–H groups in total. The average molecular weight is 302 g/mol. The number of anilines is 1. The van der Waals surface area contributed by atoms with Crippen LogP contribution in [0.3, 0.4) is 0 Å². The molecule has 0 aliphatic heterocycles. The molecule has 114 valence electrons. The van der Waals surface area contributed by atoms with Gasteiger partial charge in [0.05, 0.1) is 17.3 Å². The number of carbonyl (C=O) groups excluding carboxylic acids is 1.